The average molecular weight is 349 g/mol. The van der Waals surface area contributed by atoms with Crippen molar-refractivity contribution in [3.05, 3.63) is 24.3 Å². The van der Waals surface area contributed by atoms with Gasteiger partial charge in [-0.1, -0.05) is 0 Å². The van der Waals surface area contributed by atoms with E-state index in [4.69, 9.17) is 9.47 Å². The molecule has 1 aliphatic rings. The first-order valence-electron chi connectivity index (χ1n) is 8.21. The Morgan fingerprint density at radius 2 is 2.00 bits per heavy atom. The second-order valence-electron chi connectivity index (χ2n) is 7.32. The fraction of sp³-hybridized carbons (Fsp3) is 0.588. The molecule has 136 valence electrons. The lowest BCUT2D eigenvalue weighted by Crippen LogP contribution is -2.35. The number of aliphatic hydroxyl groups is 2. The minimum atomic E-state index is -1.20. The number of ether oxygens (including phenoxy) is 2. The topological polar surface area (TPSA) is 107 Å². The van der Waals surface area contributed by atoms with Gasteiger partial charge >= 0.3 is 6.16 Å². The van der Waals surface area contributed by atoms with Gasteiger partial charge in [0, 0.05) is 18.0 Å². The quantitative estimate of drug-likeness (QED) is 0.795. The Balaban J connectivity index is 1.80. The predicted octanol–water partition coefficient (Wildman–Crippen LogP) is 1.73. The van der Waals surface area contributed by atoms with Gasteiger partial charge < -0.3 is 24.3 Å². The lowest BCUT2D eigenvalue weighted by atomic mass is 10.2. The Labute approximate surface area is 145 Å². The van der Waals surface area contributed by atoms with Crippen molar-refractivity contribution in [2.24, 2.45) is 0 Å². The molecule has 4 atom stereocenters. The first-order chi connectivity index (χ1) is 11.7. The van der Waals surface area contributed by atoms with E-state index in [1.165, 1.54) is 6.33 Å². The third kappa shape index (κ3) is 3.45. The van der Waals surface area contributed by atoms with Crippen molar-refractivity contribution in [3.63, 3.8) is 0 Å². The minimum absolute atomic E-state index is 0.258. The maximum Gasteiger partial charge on any atom is 0.509 e. The van der Waals surface area contributed by atoms with Gasteiger partial charge in [0.05, 0.1) is 11.7 Å². The number of hydrogen-bond acceptors (Lipinski definition) is 7. The first-order valence-corrected chi connectivity index (χ1v) is 8.21. The number of carbonyl (C=O) groups excluding carboxylic acids is 1. The van der Waals surface area contributed by atoms with Crippen LogP contribution in [0.15, 0.2) is 18.6 Å². The molecule has 2 heterocycles. The van der Waals surface area contributed by atoms with Crippen LogP contribution >= 0.6 is 0 Å². The molecule has 3 rings (SSSR count). The van der Waals surface area contributed by atoms with Crippen molar-refractivity contribution in [3.8, 4) is 0 Å². The zero-order chi connectivity index (χ0) is 18.4. The Hall–Kier alpha value is -2.19. The summed E-state index contributed by atoms with van der Waals surface area (Å²) in [4.78, 5) is 20.3. The van der Waals surface area contributed by atoms with Gasteiger partial charge in [0.15, 0.2) is 0 Å². The van der Waals surface area contributed by atoms with Gasteiger partial charge in [-0.05, 0) is 33.8 Å². The van der Waals surface area contributed by atoms with Gasteiger partial charge in [-0.2, -0.15) is 0 Å². The number of aromatic nitrogens is 3. The number of rotatable bonds is 2. The van der Waals surface area contributed by atoms with E-state index in [2.05, 4.69) is 9.97 Å². The van der Waals surface area contributed by atoms with Gasteiger partial charge in [-0.3, -0.25) is 0 Å². The molecule has 8 nitrogen and oxygen atoms in total. The van der Waals surface area contributed by atoms with Gasteiger partial charge in [-0.25, -0.2) is 14.8 Å². The third-order valence-corrected chi connectivity index (χ3v) is 4.30. The summed E-state index contributed by atoms with van der Waals surface area (Å²) in [7, 11) is 0. The Morgan fingerprint density at radius 3 is 2.68 bits per heavy atom. The van der Waals surface area contributed by atoms with Crippen LogP contribution in [-0.2, 0) is 9.47 Å². The van der Waals surface area contributed by atoms with E-state index < -0.39 is 36.1 Å². The summed E-state index contributed by atoms with van der Waals surface area (Å²) >= 11 is 0. The summed E-state index contributed by atoms with van der Waals surface area (Å²) in [5.41, 5.74) is 0.809. The van der Waals surface area contributed by atoms with Crippen molar-refractivity contribution in [1.82, 2.24) is 14.5 Å². The highest BCUT2D eigenvalue weighted by atomic mass is 16.7. The molecule has 25 heavy (non-hydrogen) atoms. The minimum Gasteiger partial charge on any atom is -0.429 e. The molecule has 0 radical (unpaired) electrons. The van der Waals surface area contributed by atoms with Crippen LogP contribution in [0.25, 0.3) is 11.0 Å². The monoisotopic (exact) mass is 349 g/mol. The van der Waals surface area contributed by atoms with E-state index in [0.717, 1.165) is 11.1 Å². The molecule has 0 spiro atoms. The maximum atomic E-state index is 11.9. The fourth-order valence-electron chi connectivity index (χ4n) is 3.12. The van der Waals surface area contributed by atoms with Gasteiger partial charge in [0.25, 0.3) is 0 Å². The highest BCUT2D eigenvalue weighted by Gasteiger charge is 2.45. The van der Waals surface area contributed by atoms with Crippen LogP contribution in [0, 0.1) is 6.92 Å². The van der Waals surface area contributed by atoms with Crippen LogP contribution in [0.2, 0.25) is 0 Å². The second-order valence-corrected chi connectivity index (χ2v) is 7.32. The van der Waals surface area contributed by atoms with Crippen LogP contribution < -0.4 is 0 Å². The molecular formula is C17H23N3O5. The molecule has 0 saturated heterocycles. The lowest BCUT2D eigenvalue weighted by molar-refractivity contribution is -0.0675. The van der Waals surface area contributed by atoms with Crippen LogP contribution in [0.3, 0.4) is 0 Å². The highest BCUT2D eigenvalue weighted by Crippen LogP contribution is 2.35. The second kappa shape index (κ2) is 6.27. The van der Waals surface area contributed by atoms with Crippen LogP contribution in [0.1, 0.15) is 38.9 Å². The highest BCUT2D eigenvalue weighted by molar-refractivity contribution is 5.78. The van der Waals surface area contributed by atoms with Crippen molar-refractivity contribution in [2.45, 2.75) is 64.1 Å². The summed E-state index contributed by atoms with van der Waals surface area (Å²) < 4.78 is 12.1. The van der Waals surface area contributed by atoms with Crippen LogP contribution in [0.4, 0.5) is 4.79 Å². The maximum absolute atomic E-state index is 11.9. The molecule has 2 N–H and O–H groups in total. The Morgan fingerprint density at radius 1 is 1.28 bits per heavy atom. The van der Waals surface area contributed by atoms with Crippen LogP contribution in [0.5, 0.6) is 0 Å². The standard InChI is InChI=1S/C17H23N3O5/c1-9-10-5-6-20(15(10)19-8-18-9)11-7-12(14(22)13(11)21)24-16(23)25-17(2,3)4/h5-6,8,11-14,21-22H,7H2,1-4H3/t11-,12+,13+,14-/m1/s1. The normalized spacial score (nSPS) is 26.8. The van der Waals surface area contributed by atoms with Crippen LogP contribution in [-0.4, -0.2) is 54.8 Å². The zero-order valence-corrected chi connectivity index (χ0v) is 14.7. The van der Waals surface area contributed by atoms with Gasteiger partial charge in [-0.15, -0.1) is 0 Å². The first kappa shape index (κ1) is 17.6. The van der Waals surface area contributed by atoms with E-state index in [1.807, 2.05) is 13.0 Å². The van der Waals surface area contributed by atoms with E-state index in [0.29, 0.717) is 5.65 Å². The Kier molecular flexibility index (Phi) is 4.42. The average Bonchev–Trinajstić information content (AvgIpc) is 3.03. The molecule has 0 unspecified atom stereocenters. The number of aliphatic hydroxyl groups excluding tert-OH is 2. The SMILES string of the molecule is Cc1ncnc2c1ccn2[C@@H]1C[C@H](OC(=O)OC(C)(C)C)[C@@H](O)[C@H]1O. The third-order valence-electron chi connectivity index (χ3n) is 4.30. The molecule has 0 bridgehead atoms. The van der Waals surface area contributed by atoms with Crippen molar-refractivity contribution in [1.29, 1.82) is 0 Å². The number of hydrogen-bond donors (Lipinski definition) is 2. The summed E-state index contributed by atoms with van der Waals surface area (Å²) in [6.45, 7) is 7.06. The van der Waals surface area contributed by atoms with E-state index in [9.17, 15) is 15.0 Å². The molecule has 1 saturated carbocycles. The molecule has 0 aromatic carbocycles. The molecular weight excluding hydrogens is 326 g/mol. The number of aryl methyl sites for hydroxylation is 1. The number of fused-ring (bicyclic) bond motifs is 1. The van der Waals surface area contributed by atoms with Gasteiger partial charge in [0.1, 0.15) is 35.9 Å². The molecule has 0 aliphatic heterocycles. The van der Waals surface area contributed by atoms with E-state index in [1.54, 1.807) is 31.5 Å². The molecule has 1 fully saturated rings. The van der Waals surface area contributed by atoms with E-state index >= 15 is 0 Å². The smallest absolute Gasteiger partial charge is 0.429 e. The van der Waals surface area contributed by atoms with E-state index in [-0.39, 0.29) is 6.42 Å². The summed E-state index contributed by atoms with van der Waals surface area (Å²) in [5.74, 6) is 0. The lowest BCUT2D eigenvalue weighted by Gasteiger charge is -2.22. The molecule has 8 heteroatoms. The fourth-order valence-corrected chi connectivity index (χ4v) is 3.12. The molecule has 1 aliphatic carbocycles. The summed E-state index contributed by atoms with van der Waals surface area (Å²) in [5, 5.41) is 21.6. The largest absolute Gasteiger partial charge is 0.509 e. The van der Waals surface area contributed by atoms with Crippen molar-refractivity contribution < 1.29 is 24.5 Å². The summed E-state index contributed by atoms with van der Waals surface area (Å²) in [6, 6.07) is 1.40. The predicted molar refractivity (Wildman–Crippen MR) is 89.0 cm³/mol. The number of carbonyl (C=O) groups is 1. The molecule has 0 amide bonds. The molecule has 2 aromatic rings. The molecule has 2 aromatic heterocycles. The van der Waals surface area contributed by atoms with Gasteiger partial charge in [0.2, 0.25) is 0 Å². The van der Waals surface area contributed by atoms with Crippen molar-refractivity contribution in [2.75, 3.05) is 0 Å². The summed E-state index contributed by atoms with van der Waals surface area (Å²) in [6.07, 6.45) is -0.482. The number of nitrogens with zero attached hydrogens (tertiary/aromatic N) is 3. The zero-order valence-electron chi connectivity index (χ0n) is 14.7. The Bertz CT molecular complexity index is 782. The van der Waals surface area contributed by atoms with Crippen molar-refractivity contribution >= 4 is 17.2 Å².